The van der Waals surface area contributed by atoms with Crippen molar-refractivity contribution in [1.29, 1.82) is 0 Å². The molecule has 5 heteroatoms. The molecule has 1 aliphatic rings. The average Bonchev–Trinajstić information content (AvgIpc) is 2.42. The Balaban J connectivity index is 2.16. The van der Waals surface area contributed by atoms with Crippen LogP contribution in [0.15, 0.2) is 22.7 Å². The first-order valence-electron chi connectivity index (χ1n) is 7.20. The van der Waals surface area contributed by atoms with E-state index in [1.807, 2.05) is 12.1 Å². The number of halogens is 2. The highest BCUT2D eigenvalue weighted by molar-refractivity contribution is 9.10. The maximum atomic E-state index is 14.2. The minimum atomic E-state index is -0.180. The summed E-state index contributed by atoms with van der Waals surface area (Å²) in [5, 5.41) is 0. The smallest absolute Gasteiger partial charge is 0.129 e. The number of hydrogen-bond donors (Lipinski definition) is 1. The van der Waals surface area contributed by atoms with E-state index in [0.717, 1.165) is 30.7 Å². The first-order valence-corrected chi connectivity index (χ1v) is 7.99. The van der Waals surface area contributed by atoms with Crippen molar-refractivity contribution in [3.05, 3.63) is 34.1 Å². The lowest BCUT2D eigenvalue weighted by Gasteiger charge is -2.42. The summed E-state index contributed by atoms with van der Waals surface area (Å²) in [7, 11) is 0. The Morgan fingerprint density at radius 3 is 2.75 bits per heavy atom. The molecule has 1 fully saturated rings. The van der Waals surface area contributed by atoms with E-state index in [9.17, 15) is 4.39 Å². The molecule has 0 saturated carbocycles. The van der Waals surface area contributed by atoms with Crippen LogP contribution >= 0.6 is 15.9 Å². The Morgan fingerprint density at radius 2 is 2.20 bits per heavy atom. The van der Waals surface area contributed by atoms with Crippen LogP contribution < -0.4 is 5.73 Å². The summed E-state index contributed by atoms with van der Waals surface area (Å²) in [6.07, 6.45) is 0. The lowest BCUT2D eigenvalue weighted by molar-refractivity contribution is 0.0596. The van der Waals surface area contributed by atoms with E-state index in [-0.39, 0.29) is 11.9 Å². The number of likely N-dealkylation sites (N-methyl/N-ethyl adjacent to an activating group) is 1. The normalized spacial score (nSPS) is 22.9. The van der Waals surface area contributed by atoms with E-state index < -0.39 is 0 Å². The van der Waals surface area contributed by atoms with E-state index in [1.165, 1.54) is 6.07 Å². The van der Waals surface area contributed by atoms with Crippen LogP contribution in [0.2, 0.25) is 0 Å². The van der Waals surface area contributed by atoms with E-state index in [1.54, 1.807) is 0 Å². The highest BCUT2D eigenvalue weighted by atomic mass is 79.9. The van der Waals surface area contributed by atoms with Crippen molar-refractivity contribution in [3.63, 3.8) is 0 Å². The Hall–Kier alpha value is -0.490. The molecule has 0 aliphatic carbocycles. The minimum absolute atomic E-state index is 0.0374. The van der Waals surface area contributed by atoms with Gasteiger partial charge in [-0.1, -0.05) is 28.9 Å². The second-order valence-electron chi connectivity index (χ2n) is 5.39. The first kappa shape index (κ1) is 15.9. The summed E-state index contributed by atoms with van der Waals surface area (Å²) >= 11 is 3.30. The zero-order valence-electron chi connectivity index (χ0n) is 12.1. The van der Waals surface area contributed by atoms with Crippen molar-refractivity contribution >= 4 is 15.9 Å². The Kier molecular flexibility index (Phi) is 5.55. The summed E-state index contributed by atoms with van der Waals surface area (Å²) in [5.74, 6) is -0.180. The molecule has 1 saturated heterocycles. The van der Waals surface area contributed by atoms with Gasteiger partial charge in [-0.25, -0.2) is 4.39 Å². The van der Waals surface area contributed by atoms with E-state index in [0.29, 0.717) is 18.2 Å². The Morgan fingerprint density at radius 1 is 1.45 bits per heavy atom. The van der Waals surface area contributed by atoms with Crippen LogP contribution in [0.25, 0.3) is 0 Å². The van der Waals surface area contributed by atoms with Crippen LogP contribution in [-0.2, 0) is 0 Å². The molecular weight excluding hydrogens is 321 g/mol. The molecule has 1 aliphatic heterocycles. The van der Waals surface area contributed by atoms with Crippen LogP contribution in [0.3, 0.4) is 0 Å². The number of rotatable bonds is 4. The molecular formula is C15H23BrFN3. The van der Waals surface area contributed by atoms with Gasteiger partial charge in [-0.3, -0.25) is 9.80 Å². The molecule has 2 atom stereocenters. The molecule has 2 unspecified atom stereocenters. The highest BCUT2D eigenvalue weighted by Crippen LogP contribution is 2.27. The zero-order valence-corrected chi connectivity index (χ0v) is 13.7. The summed E-state index contributed by atoms with van der Waals surface area (Å²) in [4.78, 5) is 4.76. The van der Waals surface area contributed by atoms with Gasteiger partial charge in [-0.15, -0.1) is 0 Å². The van der Waals surface area contributed by atoms with Crippen LogP contribution in [0.1, 0.15) is 25.5 Å². The maximum absolute atomic E-state index is 14.2. The lowest BCUT2D eigenvalue weighted by atomic mass is 10.0. The molecule has 3 nitrogen and oxygen atoms in total. The molecule has 1 aromatic carbocycles. The number of benzene rings is 1. The molecule has 2 rings (SSSR count). The van der Waals surface area contributed by atoms with Gasteiger partial charge in [0, 0.05) is 42.3 Å². The Bertz CT molecular complexity index is 455. The van der Waals surface area contributed by atoms with Gasteiger partial charge >= 0.3 is 0 Å². The molecule has 0 bridgehead atoms. The van der Waals surface area contributed by atoms with Gasteiger partial charge in [-0.05, 0) is 25.6 Å². The molecule has 112 valence electrons. The van der Waals surface area contributed by atoms with Gasteiger partial charge in [0.05, 0.1) is 6.04 Å². The van der Waals surface area contributed by atoms with E-state index >= 15 is 0 Å². The monoisotopic (exact) mass is 343 g/mol. The van der Waals surface area contributed by atoms with Gasteiger partial charge in [0.1, 0.15) is 5.82 Å². The topological polar surface area (TPSA) is 32.5 Å². The van der Waals surface area contributed by atoms with Crippen LogP contribution in [-0.4, -0.2) is 48.6 Å². The van der Waals surface area contributed by atoms with Gasteiger partial charge in [0.2, 0.25) is 0 Å². The third-order valence-corrected chi connectivity index (χ3v) is 4.68. The van der Waals surface area contributed by atoms with Crippen molar-refractivity contribution in [3.8, 4) is 0 Å². The third-order valence-electron chi connectivity index (χ3n) is 4.19. The fourth-order valence-corrected chi connectivity index (χ4v) is 3.35. The first-order chi connectivity index (χ1) is 9.56. The van der Waals surface area contributed by atoms with Crippen LogP contribution in [0.5, 0.6) is 0 Å². The molecule has 0 spiro atoms. The number of nitrogens with zero attached hydrogens (tertiary/aromatic N) is 2. The van der Waals surface area contributed by atoms with Gasteiger partial charge in [-0.2, -0.15) is 0 Å². The number of nitrogens with two attached hydrogens (primary N) is 1. The fourth-order valence-electron chi connectivity index (χ4n) is 3.02. The standard InChI is InChI=1S/C15H23BrFN3/c1-3-19-6-7-20(10-11(19)2)15(9-18)13-5-4-12(16)8-14(13)17/h4-5,8,11,15H,3,6-7,9-10,18H2,1-2H3. The van der Waals surface area contributed by atoms with E-state index in [4.69, 9.17) is 5.73 Å². The average molecular weight is 344 g/mol. The fraction of sp³-hybridized carbons (Fsp3) is 0.600. The maximum Gasteiger partial charge on any atom is 0.129 e. The molecule has 0 radical (unpaired) electrons. The quantitative estimate of drug-likeness (QED) is 0.911. The zero-order chi connectivity index (χ0) is 14.7. The largest absolute Gasteiger partial charge is 0.329 e. The summed E-state index contributed by atoms with van der Waals surface area (Å²) in [6.45, 7) is 8.81. The summed E-state index contributed by atoms with van der Waals surface area (Å²) in [5.41, 5.74) is 6.62. The molecule has 1 heterocycles. The minimum Gasteiger partial charge on any atom is -0.329 e. The van der Waals surface area contributed by atoms with Crippen molar-refractivity contribution in [1.82, 2.24) is 9.80 Å². The molecule has 0 aromatic heterocycles. The molecule has 20 heavy (non-hydrogen) atoms. The van der Waals surface area contributed by atoms with Gasteiger partial charge in [0.15, 0.2) is 0 Å². The third kappa shape index (κ3) is 3.39. The van der Waals surface area contributed by atoms with Crippen LogP contribution in [0.4, 0.5) is 4.39 Å². The van der Waals surface area contributed by atoms with Gasteiger partial charge < -0.3 is 5.73 Å². The van der Waals surface area contributed by atoms with E-state index in [2.05, 4.69) is 39.6 Å². The predicted molar refractivity (Wildman–Crippen MR) is 84.2 cm³/mol. The molecule has 2 N–H and O–H groups in total. The number of piperazine rings is 1. The van der Waals surface area contributed by atoms with Crippen molar-refractivity contribution < 1.29 is 4.39 Å². The molecule has 1 aromatic rings. The predicted octanol–water partition coefficient (Wildman–Crippen LogP) is 2.61. The lowest BCUT2D eigenvalue weighted by Crippen LogP contribution is -2.53. The Labute approximate surface area is 129 Å². The van der Waals surface area contributed by atoms with Gasteiger partial charge in [0.25, 0.3) is 0 Å². The molecule has 0 amide bonds. The second kappa shape index (κ2) is 6.98. The second-order valence-corrected chi connectivity index (χ2v) is 6.31. The van der Waals surface area contributed by atoms with Crippen molar-refractivity contribution in [2.75, 3.05) is 32.7 Å². The summed E-state index contributed by atoms with van der Waals surface area (Å²) < 4.78 is 14.9. The summed E-state index contributed by atoms with van der Waals surface area (Å²) in [6, 6.07) is 5.69. The highest BCUT2D eigenvalue weighted by Gasteiger charge is 2.29. The number of hydrogen-bond acceptors (Lipinski definition) is 3. The SMILES string of the molecule is CCN1CCN(C(CN)c2ccc(Br)cc2F)CC1C. The van der Waals surface area contributed by atoms with Crippen molar-refractivity contribution in [2.24, 2.45) is 5.73 Å². The van der Waals surface area contributed by atoms with Crippen molar-refractivity contribution in [2.45, 2.75) is 25.9 Å². The van der Waals surface area contributed by atoms with Crippen LogP contribution in [0, 0.1) is 5.82 Å².